The maximum atomic E-state index is 15.6. The number of aliphatic hydroxyl groups excluding tert-OH is 2. The number of esters is 1. The highest BCUT2D eigenvalue weighted by molar-refractivity contribution is 7.18. The van der Waals surface area contributed by atoms with Crippen LogP contribution in [-0.4, -0.2) is 85.9 Å². The van der Waals surface area contributed by atoms with Crippen LogP contribution < -0.4 is 14.2 Å². The van der Waals surface area contributed by atoms with Gasteiger partial charge in [-0.3, -0.25) is 4.79 Å². The zero-order chi connectivity index (χ0) is 62.8. The van der Waals surface area contributed by atoms with E-state index >= 15 is 4.79 Å². The smallest absolute Gasteiger partial charge is 0.321 e. The van der Waals surface area contributed by atoms with E-state index in [0.29, 0.717) is 37.4 Å². The second-order valence-electron chi connectivity index (χ2n) is 23.1. The lowest BCUT2D eigenvalue weighted by molar-refractivity contribution is -0.153. The normalized spacial score (nSPS) is 12.2. The number of ether oxygens (including phenoxy) is 4. The summed E-state index contributed by atoms with van der Waals surface area (Å²) in [4.78, 5) is 15.6. The molecule has 2 atom stereocenters. The lowest BCUT2D eigenvalue weighted by atomic mass is 9.62. The summed E-state index contributed by atoms with van der Waals surface area (Å²) in [6.45, 7) is 9.89. The molecule has 6 aromatic carbocycles. The van der Waals surface area contributed by atoms with Crippen molar-refractivity contribution in [2.24, 2.45) is 0 Å². The maximum absolute atomic E-state index is 15.6. The largest absolute Gasteiger partial charge is 0.494 e. The molecule has 0 spiro atoms. The Morgan fingerprint density at radius 2 is 0.678 bits per heavy atom. The zero-order valence-electron chi connectivity index (χ0n) is 52.8. The van der Waals surface area contributed by atoms with Gasteiger partial charge < -0.3 is 29.2 Å². The molecule has 9 rings (SSSR count). The van der Waals surface area contributed by atoms with Gasteiger partial charge in [-0.15, -0.1) is 30.6 Å². The minimum absolute atomic E-state index is 0.406. The molecule has 0 bridgehead atoms. The second kappa shape index (κ2) is 35.4. The Bertz CT molecular complexity index is 3370. The fourth-order valence-electron chi connectivity index (χ4n) is 11.4. The average molecular weight is 1270 g/mol. The third-order valence-electron chi connectivity index (χ3n) is 16.5. The number of aliphatic hydroxyl groups is 2. The van der Waals surface area contributed by atoms with E-state index in [9.17, 15) is 10.2 Å². The summed E-state index contributed by atoms with van der Waals surface area (Å²) in [5.74, 6) is 1.43. The molecule has 9 aromatic rings. The zero-order valence-corrected chi connectivity index (χ0v) is 55.3. The molecular formula is C74H88N6O7S3. The van der Waals surface area contributed by atoms with Crippen LogP contribution in [-0.2, 0) is 14.9 Å². The van der Waals surface area contributed by atoms with Gasteiger partial charge in [-0.1, -0.05) is 231 Å². The van der Waals surface area contributed by atoms with Crippen molar-refractivity contribution in [3.05, 3.63) is 162 Å². The molecule has 2 N–H and O–H groups in total. The highest BCUT2D eigenvalue weighted by atomic mass is 32.1. The second-order valence-corrected chi connectivity index (χ2v) is 26.1. The van der Waals surface area contributed by atoms with Crippen LogP contribution in [0.5, 0.6) is 17.2 Å². The highest BCUT2D eigenvalue weighted by Gasteiger charge is 2.50. The number of rotatable bonds is 39. The van der Waals surface area contributed by atoms with E-state index in [0.717, 1.165) is 106 Å². The lowest BCUT2D eigenvalue weighted by Crippen LogP contribution is -2.45. The Labute approximate surface area is 544 Å². The Balaban J connectivity index is 0.993. The standard InChI is InChI=1S/C74H88N6O7S3/c1-5-9-12-15-18-21-48-84-63-42-32-57(33-43-63)70-78-75-67(88-70)54-26-24-53(25-27-54)66(8-4)74(73(83)87-52-62(82)51-81,60-38-28-55(29-39-60)68-76-79-71(89-68)58-34-44-64(45-35-58)85-49-22-19-16-13-10-6-2)61-40-30-56(31-41-61)69-77-80-72(90-69)59-36-46-65(47-37-59)86-50-23-20-17-14-11-7-3/h24-47,62,66,81-82H,5-23,48-52H2,1-4H3. The molecule has 2 unspecified atom stereocenters. The summed E-state index contributed by atoms with van der Waals surface area (Å²) in [5.41, 5.74) is 6.14. The number of carbonyl (C=O) groups is 1. The van der Waals surface area contributed by atoms with Crippen LogP contribution in [0.4, 0.5) is 0 Å². The Hall–Kier alpha value is -7.21. The maximum Gasteiger partial charge on any atom is 0.321 e. The Morgan fingerprint density at radius 1 is 0.400 bits per heavy atom. The van der Waals surface area contributed by atoms with Crippen molar-refractivity contribution in [3.8, 4) is 80.7 Å². The number of aromatic nitrogens is 6. The topological polar surface area (TPSA) is 172 Å². The molecular weight excluding hydrogens is 1180 g/mol. The van der Waals surface area contributed by atoms with Gasteiger partial charge in [0, 0.05) is 39.3 Å². The van der Waals surface area contributed by atoms with Crippen molar-refractivity contribution in [1.82, 2.24) is 30.6 Å². The minimum atomic E-state index is -1.49. The van der Waals surface area contributed by atoms with E-state index in [-0.39, 0.29) is 0 Å². The summed E-state index contributed by atoms with van der Waals surface area (Å²) in [7, 11) is 0. The molecule has 0 aliphatic carbocycles. The number of hydrogen-bond acceptors (Lipinski definition) is 16. The predicted molar refractivity (Wildman–Crippen MR) is 367 cm³/mol. The highest BCUT2D eigenvalue weighted by Crippen LogP contribution is 2.49. The molecule has 0 aliphatic rings. The Kier molecular flexibility index (Phi) is 26.4. The summed E-state index contributed by atoms with van der Waals surface area (Å²) in [6.07, 6.45) is 21.0. The summed E-state index contributed by atoms with van der Waals surface area (Å²) < 4.78 is 24.4. The number of unbranched alkanes of at least 4 members (excludes halogenated alkanes) is 15. The monoisotopic (exact) mass is 1270 g/mol. The van der Waals surface area contributed by atoms with Crippen LogP contribution >= 0.6 is 34.0 Å². The number of carbonyl (C=O) groups excluding carboxylic acids is 1. The van der Waals surface area contributed by atoms with E-state index in [1.807, 2.05) is 133 Å². The SMILES string of the molecule is CCCCCCCCOc1ccc(-c2nnc(-c3ccc(C(CC)C(C(=O)OCC(O)CO)(c4ccc(-c5nnc(-c6ccc(OCCCCCCCC)cc6)s5)cc4)c4ccc(-c5nnc(-c6ccc(OCCCCCCCC)cc6)s5)cc4)cc3)s2)cc1. The van der Waals surface area contributed by atoms with Gasteiger partial charge in [-0.25, -0.2) is 0 Å². The molecule has 0 amide bonds. The molecule has 0 radical (unpaired) electrons. The predicted octanol–water partition coefficient (Wildman–Crippen LogP) is 18.8. The molecule has 3 aromatic heterocycles. The van der Waals surface area contributed by atoms with Gasteiger partial charge in [0.2, 0.25) is 0 Å². The molecule has 0 saturated carbocycles. The van der Waals surface area contributed by atoms with Crippen LogP contribution in [0.3, 0.4) is 0 Å². The minimum Gasteiger partial charge on any atom is -0.494 e. The number of hydrogen-bond donors (Lipinski definition) is 2. The van der Waals surface area contributed by atoms with Gasteiger partial charge in [0.1, 0.15) is 65.4 Å². The summed E-state index contributed by atoms with van der Waals surface area (Å²) in [6, 6.07) is 48.1. The van der Waals surface area contributed by atoms with Gasteiger partial charge >= 0.3 is 5.97 Å². The van der Waals surface area contributed by atoms with Crippen molar-refractivity contribution >= 4 is 40.0 Å². The van der Waals surface area contributed by atoms with Crippen LogP contribution in [0.25, 0.3) is 63.4 Å². The van der Waals surface area contributed by atoms with Gasteiger partial charge in [-0.05, 0) is 115 Å². The van der Waals surface area contributed by atoms with Crippen molar-refractivity contribution < 1.29 is 34.0 Å². The van der Waals surface area contributed by atoms with Crippen molar-refractivity contribution in [3.63, 3.8) is 0 Å². The van der Waals surface area contributed by atoms with E-state index in [1.54, 1.807) is 0 Å². The Morgan fingerprint density at radius 3 is 0.967 bits per heavy atom. The van der Waals surface area contributed by atoms with Crippen molar-refractivity contribution in [1.29, 1.82) is 0 Å². The van der Waals surface area contributed by atoms with Crippen LogP contribution in [0, 0.1) is 0 Å². The molecule has 0 saturated heterocycles. The number of benzene rings is 6. The van der Waals surface area contributed by atoms with Gasteiger partial charge in [0.15, 0.2) is 0 Å². The first kappa shape index (κ1) is 67.2. The fraction of sp³-hybridized carbons (Fsp3) is 0.419. The third kappa shape index (κ3) is 18.3. The fourth-order valence-corrected chi connectivity index (χ4v) is 13.9. The molecule has 0 fully saturated rings. The molecule has 16 heteroatoms. The average Bonchev–Trinajstić information content (AvgIpc) is 1.03. The van der Waals surface area contributed by atoms with Crippen LogP contribution in [0.1, 0.15) is 172 Å². The van der Waals surface area contributed by atoms with Gasteiger partial charge in [0.25, 0.3) is 0 Å². The van der Waals surface area contributed by atoms with E-state index in [2.05, 4.69) is 70.4 Å². The number of nitrogens with zero attached hydrogens (tertiary/aromatic N) is 6. The lowest BCUT2D eigenvalue weighted by Gasteiger charge is -2.40. The third-order valence-corrected chi connectivity index (χ3v) is 19.5. The van der Waals surface area contributed by atoms with Gasteiger partial charge in [-0.2, -0.15) is 0 Å². The molecule has 474 valence electrons. The van der Waals surface area contributed by atoms with E-state index in [4.69, 9.17) is 18.9 Å². The molecule has 0 aliphatic heterocycles. The first-order valence-electron chi connectivity index (χ1n) is 32.7. The quantitative estimate of drug-likeness (QED) is 0.0276. The summed E-state index contributed by atoms with van der Waals surface area (Å²) >= 11 is 4.49. The van der Waals surface area contributed by atoms with Crippen molar-refractivity contribution in [2.75, 3.05) is 33.0 Å². The van der Waals surface area contributed by atoms with Crippen molar-refractivity contribution in [2.45, 2.75) is 167 Å². The van der Waals surface area contributed by atoms with Gasteiger partial charge in [0.05, 0.1) is 26.4 Å². The molecule has 13 nitrogen and oxygen atoms in total. The first-order chi connectivity index (χ1) is 44.2. The van der Waals surface area contributed by atoms with E-state index < -0.39 is 36.6 Å². The van der Waals surface area contributed by atoms with Crippen LogP contribution in [0.15, 0.2) is 146 Å². The van der Waals surface area contributed by atoms with Crippen LogP contribution in [0.2, 0.25) is 0 Å². The first-order valence-corrected chi connectivity index (χ1v) is 35.2. The molecule has 90 heavy (non-hydrogen) atoms. The molecule has 3 heterocycles. The summed E-state index contributed by atoms with van der Waals surface area (Å²) in [5, 5.41) is 53.0. The van der Waals surface area contributed by atoms with E-state index in [1.165, 1.54) is 130 Å².